The molecular formula is C20H20Cl2N4O2. The fraction of sp³-hybridized carbons (Fsp3) is 0.250. The third-order valence-electron chi connectivity index (χ3n) is 4.07. The van der Waals surface area contributed by atoms with Crippen molar-refractivity contribution < 1.29 is 4.74 Å². The summed E-state index contributed by atoms with van der Waals surface area (Å²) in [4.78, 5) is 17.4. The summed E-state index contributed by atoms with van der Waals surface area (Å²) < 4.78 is 6.94. The Bertz CT molecular complexity index is 1050. The summed E-state index contributed by atoms with van der Waals surface area (Å²) in [7, 11) is 0. The molecule has 1 N–H and O–H groups in total. The molecule has 0 saturated carbocycles. The SMILES string of the molecule is CCOCCCn1c(N/N=C\c2ccc(Cl)cc2Cl)nc2ccccc2c1=O. The van der Waals surface area contributed by atoms with Crippen molar-refractivity contribution in [2.75, 3.05) is 18.6 Å². The van der Waals surface area contributed by atoms with Crippen molar-refractivity contribution >= 4 is 46.3 Å². The summed E-state index contributed by atoms with van der Waals surface area (Å²) in [5, 5.41) is 5.80. The second kappa shape index (κ2) is 9.68. The molecule has 2 aromatic carbocycles. The van der Waals surface area contributed by atoms with Gasteiger partial charge < -0.3 is 4.74 Å². The van der Waals surface area contributed by atoms with Gasteiger partial charge in [0.05, 0.1) is 22.1 Å². The second-order valence-corrected chi connectivity index (χ2v) is 6.84. The molecule has 0 saturated heterocycles. The molecule has 0 amide bonds. The van der Waals surface area contributed by atoms with Crippen molar-refractivity contribution in [3.05, 3.63) is 68.4 Å². The molecule has 0 unspecified atom stereocenters. The van der Waals surface area contributed by atoms with Crippen LogP contribution in [0.5, 0.6) is 0 Å². The van der Waals surface area contributed by atoms with Gasteiger partial charge >= 0.3 is 0 Å². The van der Waals surface area contributed by atoms with Crippen molar-refractivity contribution in [1.82, 2.24) is 9.55 Å². The summed E-state index contributed by atoms with van der Waals surface area (Å²) in [6, 6.07) is 12.4. The predicted octanol–water partition coefficient (Wildman–Crippen LogP) is 4.58. The van der Waals surface area contributed by atoms with E-state index in [0.29, 0.717) is 58.6 Å². The molecule has 0 aliphatic rings. The Morgan fingerprint density at radius 3 is 2.86 bits per heavy atom. The van der Waals surface area contributed by atoms with Crippen LogP contribution >= 0.6 is 23.2 Å². The summed E-state index contributed by atoms with van der Waals surface area (Å²) in [6.07, 6.45) is 2.25. The molecule has 8 heteroatoms. The van der Waals surface area contributed by atoms with E-state index < -0.39 is 0 Å². The number of anilines is 1. The van der Waals surface area contributed by atoms with Gasteiger partial charge in [-0.2, -0.15) is 5.10 Å². The zero-order valence-electron chi connectivity index (χ0n) is 15.4. The van der Waals surface area contributed by atoms with Gasteiger partial charge in [0.2, 0.25) is 5.95 Å². The Hall–Kier alpha value is -2.41. The van der Waals surface area contributed by atoms with Gasteiger partial charge in [-0.3, -0.25) is 9.36 Å². The number of benzene rings is 2. The lowest BCUT2D eigenvalue weighted by atomic mass is 10.2. The molecule has 146 valence electrons. The summed E-state index contributed by atoms with van der Waals surface area (Å²) >= 11 is 12.1. The number of hydrogen-bond donors (Lipinski definition) is 1. The first-order valence-electron chi connectivity index (χ1n) is 8.91. The predicted molar refractivity (Wildman–Crippen MR) is 115 cm³/mol. The number of nitrogens with one attached hydrogen (secondary N) is 1. The zero-order chi connectivity index (χ0) is 19.9. The van der Waals surface area contributed by atoms with Crippen LogP contribution in [-0.2, 0) is 11.3 Å². The van der Waals surface area contributed by atoms with Crippen LogP contribution in [0.1, 0.15) is 18.9 Å². The van der Waals surface area contributed by atoms with E-state index in [9.17, 15) is 4.79 Å². The number of ether oxygens (including phenoxy) is 1. The molecule has 3 aromatic rings. The molecule has 0 spiro atoms. The zero-order valence-corrected chi connectivity index (χ0v) is 16.9. The number of halogens is 2. The first kappa shape index (κ1) is 20.3. The number of para-hydroxylation sites is 1. The molecule has 0 bridgehead atoms. The lowest BCUT2D eigenvalue weighted by Crippen LogP contribution is -2.25. The van der Waals surface area contributed by atoms with Crippen molar-refractivity contribution in [1.29, 1.82) is 0 Å². The monoisotopic (exact) mass is 418 g/mol. The molecule has 1 aromatic heterocycles. The van der Waals surface area contributed by atoms with Gasteiger partial charge in [0.1, 0.15) is 0 Å². The maximum Gasteiger partial charge on any atom is 0.262 e. The van der Waals surface area contributed by atoms with Crippen molar-refractivity contribution in [3.8, 4) is 0 Å². The van der Waals surface area contributed by atoms with Crippen LogP contribution in [0.3, 0.4) is 0 Å². The molecule has 1 heterocycles. The minimum atomic E-state index is -0.121. The van der Waals surface area contributed by atoms with Crippen LogP contribution < -0.4 is 11.0 Å². The minimum absolute atomic E-state index is 0.121. The highest BCUT2D eigenvalue weighted by atomic mass is 35.5. The van der Waals surface area contributed by atoms with Crippen molar-refractivity contribution in [2.45, 2.75) is 19.9 Å². The Morgan fingerprint density at radius 2 is 2.07 bits per heavy atom. The first-order valence-corrected chi connectivity index (χ1v) is 9.67. The third-order valence-corrected chi connectivity index (χ3v) is 4.63. The van der Waals surface area contributed by atoms with Crippen LogP contribution in [0.2, 0.25) is 10.0 Å². The van der Waals surface area contributed by atoms with Crippen LogP contribution in [-0.4, -0.2) is 29.0 Å². The average Bonchev–Trinajstić information content (AvgIpc) is 2.69. The molecule has 0 aliphatic carbocycles. The van der Waals surface area contributed by atoms with E-state index in [1.54, 1.807) is 41.1 Å². The average molecular weight is 419 g/mol. The molecule has 28 heavy (non-hydrogen) atoms. The second-order valence-electron chi connectivity index (χ2n) is 6.00. The molecule has 3 rings (SSSR count). The van der Waals surface area contributed by atoms with E-state index in [4.69, 9.17) is 27.9 Å². The van der Waals surface area contributed by atoms with Crippen LogP contribution in [0, 0.1) is 0 Å². The molecule has 0 atom stereocenters. The number of rotatable bonds is 8. The van der Waals surface area contributed by atoms with Gasteiger partial charge in [-0.25, -0.2) is 10.4 Å². The van der Waals surface area contributed by atoms with E-state index in [0.717, 1.165) is 0 Å². The largest absolute Gasteiger partial charge is 0.382 e. The summed E-state index contributed by atoms with van der Waals surface area (Å²) in [6.45, 7) is 3.62. The lowest BCUT2D eigenvalue weighted by molar-refractivity contribution is 0.141. The standard InChI is InChI=1S/C20H20Cl2N4O2/c1-2-28-11-5-10-26-19(27)16-6-3-4-7-18(16)24-20(26)25-23-13-14-8-9-15(21)12-17(14)22/h3-4,6-9,12-13H,2,5,10-11H2,1H3,(H,24,25)/b23-13-. The number of hydrogen-bond acceptors (Lipinski definition) is 5. The highest BCUT2D eigenvalue weighted by Crippen LogP contribution is 2.19. The Labute approximate surface area is 172 Å². The fourth-order valence-corrected chi connectivity index (χ4v) is 3.15. The first-order chi connectivity index (χ1) is 13.6. The fourth-order valence-electron chi connectivity index (χ4n) is 2.70. The van der Waals surface area contributed by atoms with E-state index in [2.05, 4.69) is 15.5 Å². The van der Waals surface area contributed by atoms with Gasteiger partial charge in [-0.15, -0.1) is 0 Å². The molecule has 0 fully saturated rings. The highest BCUT2D eigenvalue weighted by molar-refractivity contribution is 6.36. The quantitative estimate of drug-likeness (QED) is 0.330. The van der Waals surface area contributed by atoms with E-state index in [1.165, 1.54) is 0 Å². The molecule has 6 nitrogen and oxygen atoms in total. The van der Waals surface area contributed by atoms with Gasteiger partial charge in [0.25, 0.3) is 5.56 Å². The van der Waals surface area contributed by atoms with Crippen LogP contribution in [0.4, 0.5) is 5.95 Å². The minimum Gasteiger partial charge on any atom is -0.382 e. The lowest BCUT2D eigenvalue weighted by Gasteiger charge is -2.12. The van der Waals surface area contributed by atoms with Crippen LogP contribution in [0.15, 0.2) is 52.4 Å². The van der Waals surface area contributed by atoms with Gasteiger partial charge in [0.15, 0.2) is 0 Å². The van der Waals surface area contributed by atoms with Crippen molar-refractivity contribution in [3.63, 3.8) is 0 Å². The van der Waals surface area contributed by atoms with Gasteiger partial charge in [-0.1, -0.05) is 41.4 Å². The number of aromatic nitrogens is 2. The topological polar surface area (TPSA) is 68.5 Å². The van der Waals surface area contributed by atoms with Crippen LogP contribution in [0.25, 0.3) is 10.9 Å². The summed E-state index contributed by atoms with van der Waals surface area (Å²) in [5.74, 6) is 0.363. The normalized spacial score (nSPS) is 11.4. The van der Waals surface area contributed by atoms with Gasteiger partial charge in [0, 0.05) is 30.3 Å². The maximum atomic E-state index is 12.9. The summed E-state index contributed by atoms with van der Waals surface area (Å²) in [5.41, 5.74) is 4.05. The van der Waals surface area contributed by atoms with E-state index in [1.807, 2.05) is 19.1 Å². The van der Waals surface area contributed by atoms with Gasteiger partial charge in [-0.05, 0) is 37.6 Å². The maximum absolute atomic E-state index is 12.9. The smallest absolute Gasteiger partial charge is 0.262 e. The highest BCUT2D eigenvalue weighted by Gasteiger charge is 2.10. The Balaban J connectivity index is 1.89. The third kappa shape index (κ3) is 4.90. The Morgan fingerprint density at radius 1 is 1.25 bits per heavy atom. The molecule has 0 aliphatic heterocycles. The number of fused-ring (bicyclic) bond motifs is 1. The number of hydrazone groups is 1. The molecular weight excluding hydrogens is 399 g/mol. The number of nitrogens with zero attached hydrogens (tertiary/aromatic N) is 3. The molecule has 0 radical (unpaired) electrons. The van der Waals surface area contributed by atoms with E-state index in [-0.39, 0.29) is 5.56 Å². The van der Waals surface area contributed by atoms with E-state index >= 15 is 0 Å². The Kier molecular flexibility index (Phi) is 7.03. The van der Waals surface area contributed by atoms with Crippen molar-refractivity contribution in [2.24, 2.45) is 5.10 Å².